The number of hydrogen-bond acceptors (Lipinski definition) is 8. The van der Waals surface area contributed by atoms with Crippen molar-refractivity contribution in [2.45, 2.75) is 4.90 Å². The third-order valence-electron chi connectivity index (χ3n) is 4.47. The Morgan fingerprint density at radius 1 is 1.00 bits per heavy atom. The maximum atomic E-state index is 13.3. The second kappa shape index (κ2) is 8.27. The average Bonchev–Trinajstić information content (AvgIpc) is 3.25. The van der Waals surface area contributed by atoms with Gasteiger partial charge in [0.15, 0.2) is 11.5 Å². The average molecular weight is 429 g/mol. The van der Waals surface area contributed by atoms with Crippen LogP contribution >= 0.6 is 0 Å². The fourth-order valence-corrected chi connectivity index (χ4v) is 4.57. The molecule has 0 bridgehead atoms. The third-order valence-corrected chi connectivity index (χ3v) is 6.25. The van der Waals surface area contributed by atoms with Gasteiger partial charge in [-0.15, -0.1) is 10.2 Å². The molecular formula is C20H19N3O6S. The van der Waals surface area contributed by atoms with Gasteiger partial charge in [0.05, 0.1) is 18.1 Å². The maximum Gasteiger partial charge on any atom is 0.269 e. The fourth-order valence-electron chi connectivity index (χ4n) is 3.02. The first-order valence-electron chi connectivity index (χ1n) is 9.05. The van der Waals surface area contributed by atoms with E-state index in [0.29, 0.717) is 5.56 Å². The van der Waals surface area contributed by atoms with Gasteiger partial charge in [0.1, 0.15) is 6.73 Å². The number of sulfonamides is 1. The summed E-state index contributed by atoms with van der Waals surface area (Å²) < 4.78 is 43.5. The molecule has 3 aromatic rings. The Labute approximate surface area is 173 Å². The van der Waals surface area contributed by atoms with Crippen LogP contribution in [-0.2, 0) is 19.5 Å². The first kappa shape index (κ1) is 20.1. The zero-order valence-corrected chi connectivity index (χ0v) is 16.9. The van der Waals surface area contributed by atoms with E-state index in [9.17, 15) is 13.5 Å². The highest BCUT2D eigenvalue weighted by atomic mass is 32.2. The van der Waals surface area contributed by atoms with Gasteiger partial charge in [0.2, 0.25) is 5.89 Å². The summed E-state index contributed by atoms with van der Waals surface area (Å²) >= 11 is 0. The van der Waals surface area contributed by atoms with Crippen LogP contribution < -0.4 is 0 Å². The van der Waals surface area contributed by atoms with E-state index in [1.54, 1.807) is 24.3 Å². The number of methoxy groups -OCH3 is 1. The first-order valence-corrected chi connectivity index (χ1v) is 10.5. The van der Waals surface area contributed by atoms with Crippen LogP contribution in [0.25, 0.3) is 22.9 Å². The summed E-state index contributed by atoms with van der Waals surface area (Å²) in [6, 6.07) is 15.2. The van der Waals surface area contributed by atoms with Crippen molar-refractivity contribution in [1.82, 2.24) is 14.5 Å². The number of aromatic nitrogens is 2. The molecule has 0 fully saturated rings. The van der Waals surface area contributed by atoms with E-state index >= 15 is 0 Å². The van der Waals surface area contributed by atoms with E-state index in [-0.39, 0.29) is 53.6 Å². The number of hydrogen-bond donors (Lipinski definition) is 1. The summed E-state index contributed by atoms with van der Waals surface area (Å²) in [5.74, 6) is -0.235. The molecule has 4 rings (SSSR count). The zero-order valence-electron chi connectivity index (χ0n) is 16.1. The molecule has 0 amide bonds. The second-order valence-corrected chi connectivity index (χ2v) is 8.19. The van der Waals surface area contributed by atoms with Crippen LogP contribution in [0, 0.1) is 0 Å². The predicted octanol–water partition coefficient (Wildman–Crippen LogP) is 2.75. The molecule has 0 unspecified atom stereocenters. The van der Waals surface area contributed by atoms with Crippen molar-refractivity contribution in [2.75, 3.05) is 27.1 Å². The molecule has 30 heavy (non-hydrogen) atoms. The Morgan fingerprint density at radius 3 is 2.47 bits per heavy atom. The number of rotatable bonds is 7. The minimum Gasteiger partial charge on any atom is -0.505 e. The lowest BCUT2D eigenvalue weighted by Crippen LogP contribution is -2.36. The van der Waals surface area contributed by atoms with E-state index in [0.717, 1.165) is 4.31 Å². The maximum absolute atomic E-state index is 13.3. The molecular weight excluding hydrogens is 410 g/mol. The summed E-state index contributed by atoms with van der Waals surface area (Å²) in [6.45, 7) is 0.0913. The lowest BCUT2D eigenvalue weighted by Gasteiger charge is -2.30. The standard InChI is InChI=1S/C20H19N3O6S/c1-27-11-12-28-13-23-17(18(24)15-9-5-6-10-16(15)30(23,25)26)20-22-21-19(29-20)14-7-3-2-4-8-14/h2-10,24H,11-13H2,1H3. The molecule has 0 aliphatic carbocycles. The number of aliphatic hydroxyl groups excluding tert-OH is 1. The van der Waals surface area contributed by atoms with E-state index < -0.39 is 10.0 Å². The predicted molar refractivity (Wildman–Crippen MR) is 107 cm³/mol. The minimum absolute atomic E-state index is 0.0376. The largest absolute Gasteiger partial charge is 0.505 e. The molecule has 0 saturated heterocycles. The monoisotopic (exact) mass is 429 g/mol. The van der Waals surface area contributed by atoms with E-state index in [1.165, 1.54) is 19.2 Å². The molecule has 1 aromatic heterocycles. The topological polar surface area (TPSA) is 115 Å². The highest BCUT2D eigenvalue weighted by molar-refractivity contribution is 7.89. The van der Waals surface area contributed by atoms with Gasteiger partial charge in [0.25, 0.3) is 15.9 Å². The lowest BCUT2D eigenvalue weighted by atomic mass is 10.1. The number of ether oxygens (including phenoxy) is 2. The van der Waals surface area contributed by atoms with Crippen LogP contribution in [0.15, 0.2) is 63.9 Å². The van der Waals surface area contributed by atoms with Gasteiger partial charge < -0.3 is 19.0 Å². The van der Waals surface area contributed by atoms with Crippen molar-refractivity contribution < 1.29 is 27.4 Å². The highest BCUT2D eigenvalue weighted by Crippen LogP contribution is 2.40. The third kappa shape index (κ3) is 3.56. The minimum atomic E-state index is -4.03. The zero-order chi connectivity index (χ0) is 21.1. The van der Waals surface area contributed by atoms with Crippen molar-refractivity contribution >= 4 is 21.5 Å². The van der Waals surface area contributed by atoms with Crippen LogP contribution in [0.5, 0.6) is 0 Å². The Morgan fingerprint density at radius 2 is 1.70 bits per heavy atom. The second-order valence-electron chi connectivity index (χ2n) is 6.36. The van der Waals surface area contributed by atoms with Crippen molar-refractivity contribution in [3.8, 4) is 11.5 Å². The number of nitrogens with zero attached hydrogens (tertiary/aromatic N) is 3. The van der Waals surface area contributed by atoms with Crippen LogP contribution in [-0.4, -0.2) is 55.1 Å². The van der Waals surface area contributed by atoms with Gasteiger partial charge in [-0.2, -0.15) is 0 Å². The molecule has 0 atom stereocenters. The Hall–Kier alpha value is -3.21. The summed E-state index contributed by atoms with van der Waals surface area (Å²) in [6.07, 6.45) is 0. The van der Waals surface area contributed by atoms with Crippen molar-refractivity contribution in [3.63, 3.8) is 0 Å². The Bertz CT molecular complexity index is 1170. The molecule has 2 heterocycles. The van der Waals surface area contributed by atoms with Gasteiger partial charge in [-0.3, -0.25) is 0 Å². The van der Waals surface area contributed by atoms with Crippen LogP contribution in [0.2, 0.25) is 0 Å². The Balaban J connectivity index is 1.81. The summed E-state index contributed by atoms with van der Waals surface area (Å²) in [5.41, 5.74) is 0.680. The van der Waals surface area contributed by atoms with Gasteiger partial charge in [-0.25, -0.2) is 12.7 Å². The summed E-state index contributed by atoms with van der Waals surface area (Å²) in [7, 11) is -2.52. The van der Waals surface area contributed by atoms with Crippen LogP contribution in [0.1, 0.15) is 11.5 Å². The number of fused-ring (bicyclic) bond motifs is 1. The van der Waals surface area contributed by atoms with E-state index in [4.69, 9.17) is 13.9 Å². The van der Waals surface area contributed by atoms with Crippen molar-refractivity contribution in [3.05, 3.63) is 66.1 Å². The molecule has 0 spiro atoms. The first-order chi connectivity index (χ1) is 14.5. The van der Waals surface area contributed by atoms with Crippen molar-refractivity contribution in [2.24, 2.45) is 0 Å². The highest BCUT2D eigenvalue weighted by Gasteiger charge is 2.40. The molecule has 0 radical (unpaired) electrons. The fraction of sp³-hybridized carbons (Fsp3) is 0.200. The van der Waals surface area contributed by atoms with Gasteiger partial charge >= 0.3 is 0 Å². The molecule has 0 saturated carbocycles. The molecule has 156 valence electrons. The summed E-state index contributed by atoms with van der Waals surface area (Å²) in [4.78, 5) is -0.0376. The number of benzene rings is 2. The lowest BCUT2D eigenvalue weighted by molar-refractivity contribution is 0.0454. The molecule has 1 aliphatic rings. The SMILES string of the molecule is COCCOCN1C(c2nnc(-c3ccccc3)o2)=C(O)c2ccccc2S1(=O)=O. The van der Waals surface area contributed by atoms with Crippen molar-refractivity contribution in [1.29, 1.82) is 0 Å². The smallest absolute Gasteiger partial charge is 0.269 e. The Kier molecular flexibility index (Phi) is 5.53. The number of aliphatic hydroxyl groups is 1. The molecule has 2 aromatic carbocycles. The molecule has 10 heteroatoms. The van der Waals surface area contributed by atoms with Crippen LogP contribution in [0.4, 0.5) is 0 Å². The normalized spacial score (nSPS) is 15.3. The van der Waals surface area contributed by atoms with Gasteiger partial charge in [0, 0.05) is 18.2 Å². The van der Waals surface area contributed by atoms with Gasteiger partial charge in [-0.1, -0.05) is 30.3 Å². The molecule has 1 N–H and O–H groups in total. The van der Waals surface area contributed by atoms with E-state index in [1.807, 2.05) is 18.2 Å². The van der Waals surface area contributed by atoms with Crippen LogP contribution in [0.3, 0.4) is 0 Å². The quantitative estimate of drug-likeness (QED) is 0.570. The molecule has 9 nitrogen and oxygen atoms in total. The van der Waals surface area contributed by atoms with Gasteiger partial charge in [-0.05, 0) is 24.3 Å². The van der Waals surface area contributed by atoms with E-state index in [2.05, 4.69) is 10.2 Å². The molecule has 1 aliphatic heterocycles. The summed E-state index contributed by atoms with van der Waals surface area (Å²) in [5, 5.41) is 18.9.